The second kappa shape index (κ2) is 8.59. The Labute approximate surface area is 173 Å². The molecule has 10 heteroatoms. The molecule has 0 radical (unpaired) electrons. The Morgan fingerprint density at radius 2 is 1.66 bits per heavy atom. The number of alkyl halides is 3. The van der Waals surface area contributed by atoms with Gasteiger partial charge in [0.2, 0.25) is 0 Å². The summed E-state index contributed by atoms with van der Waals surface area (Å²) < 4.78 is 46.2. The van der Waals surface area contributed by atoms with Crippen LogP contribution in [0.5, 0.6) is 17.2 Å². The first kappa shape index (κ1) is 20.8. The summed E-state index contributed by atoms with van der Waals surface area (Å²) in [5.74, 6) is -0.686. The molecule has 0 aliphatic carbocycles. The summed E-state index contributed by atoms with van der Waals surface area (Å²) in [6, 6.07) is 10.7. The molecule has 2 N–H and O–H groups in total. The van der Waals surface area contributed by atoms with E-state index in [2.05, 4.69) is 15.0 Å². The summed E-state index contributed by atoms with van der Waals surface area (Å²) in [6.07, 6.45) is -1.54. The van der Waals surface area contributed by atoms with Crippen LogP contribution in [-0.2, 0) is 0 Å². The molecule has 1 amide bonds. The minimum Gasteiger partial charge on any atom is -0.456 e. The van der Waals surface area contributed by atoms with Crippen molar-refractivity contribution in [2.24, 2.45) is 0 Å². The number of carbonyl (C=O) groups excluding carboxylic acids is 1. The van der Waals surface area contributed by atoms with Gasteiger partial charge in [-0.15, -0.1) is 13.2 Å². The van der Waals surface area contributed by atoms with Gasteiger partial charge in [0.15, 0.2) is 12.4 Å². The minimum atomic E-state index is -4.80. The van der Waals surface area contributed by atoms with Gasteiger partial charge in [-0.3, -0.25) is 4.79 Å². The number of nitrogens with one attached hydrogen (secondary N) is 2. The van der Waals surface area contributed by atoms with Gasteiger partial charge in [0.05, 0.1) is 15.6 Å². The fourth-order valence-corrected chi connectivity index (χ4v) is 2.61. The number of amides is 1. The molecule has 5 nitrogen and oxygen atoms in total. The minimum absolute atomic E-state index is 0.0706. The van der Waals surface area contributed by atoms with Gasteiger partial charge in [0, 0.05) is 12.1 Å². The largest absolute Gasteiger partial charge is 0.573 e. The maximum atomic E-state index is 12.6. The molecular formula is C19H12Cl2F3N2O3+. The number of rotatable bonds is 5. The number of hydrogen-bond acceptors (Lipinski definition) is 3. The highest BCUT2D eigenvalue weighted by Crippen LogP contribution is 2.35. The van der Waals surface area contributed by atoms with Gasteiger partial charge < -0.3 is 14.8 Å². The fraction of sp³-hybridized carbons (Fsp3) is 0.0526. The molecule has 1 aromatic heterocycles. The van der Waals surface area contributed by atoms with E-state index in [9.17, 15) is 18.0 Å². The monoisotopic (exact) mass is 443 g/mol. The second-order valence-electron chi connectivity index (χ2n) is 5.63. The van der Waals surface area contributed by atoms with Crippen LogP contribution in [0.2, 0.25) is 10.0 Å². The third-order valence-corrected chi connectivity index (χ3v) is 4.24. The second-order valence-corrected chi connectivity index (χ2v) is 6.44. The quantitative estimate of drug-likeness (QED) is 0.545. The van der Waals surface area contributed by atoms with E-state index in [1.807, 2.05) is 0 Å². The van der Waals surface area contributed by atoms with Crippen LogP contribution in [0.4, 0.5) is 18.9 Å². The van der Waals surface area contributed by atoms with Gasteiger partial charge >= 0.3 is 6.36 Å². The molecule has 3 aromatic rings. The molecule has 0 bridgehead atoms. The van der Waals surface area contributed by atoms with E-state index in [1.165, 1.54) is 24.3 Å². The van der Waals surface area contributed by atoms with E-state index in [0.717, 1.165) is 12.1 Å². The summed E-state index contributed by atoms with van der Waals surface area (Å²) >= 11 is 12.0. The standard InChI is InChI=1S/C19H11Cl2F3N2O3/c20-15-8-14(18(27)26-11-2-1-7-25-10-11)17(9-16(15)21)28-12-3-5-13(6-4-12)29-19(22,23)24/h1-10H,(H,26,27)/p+1. The zero-order chi connectivity index (χ0) is 21.0. The molecule has 0 saturated carbocycles. The van der Waals surface area contributed by atoms with Gasteiger partial charge in [0.1, 0.15) is 22.9 Å². The highest BCUT2D eigenvalue weighted by atomic mass is 35.5. The Morgan fingerprint density at radius 1 is 1.00 bits per heavy atom. The van der Waals surface area contributed by atoms with E-state index >= 15 is 0 Å². The number of pyridine rings is 1. The van der Waals surface area contributed by atoms with Crippen molar-refractivity contribution in [2.45, 2.75) is 6.36 Å². The third kappa shape index (κ3) is 5.75. The summed E-state index contributed by atoms with van der Waals surface area (Å²) in [4.78, 5) is 15.5. The van der Waals surface area contributed by atoms with E-state index in [1.54, 1.807) is 24.5 Å². The molecule has 0 unspecified atom stereocenters. The van der Waals surface area contributed by atoms with Gasteiger partial charge in [0.25, 0.3) is 5.91 Å². The van der Waals surface area contributed by atoms with Gasteiger partial charge in [-0.2, -0.15) is 0 Å². The Balaban J connectivity index is 1.85. The van der Waals surface area contributed by atoms with Crippen LogP contribution in [0, 0.1) is 0 Å². The molecular weight excluding hydrogens is 432 g/mol. The number of ether oxygens (including phenoxy) is 2. The number of anilines is 1. The molecule has 0 fully saturated rings. The van der Waals surface area contributed by atoms with Crippen molar-refractivity contribution in [3.05, 3.63) is 76.5 Å². The molecule has 29 heavy (non-hydrogen) atoms. The number of hydrogen-bond donors (Lipinski definition) is 1. The maximum absolute atomic E-state index is 12.6. The lowest BCUT2D eigenvalue weighted by Crippen LogP contribution is -2.17. The SMILES string of the molecule is O=C(Nc1ccc[nH+]c1)c1cc(Cl)c(Cl)cc1Oc1ccc(OC(F)(F)F)cc1. The van der Waals surface area contributed by atoms with Crippen LogP contribution in [0.15, 0.2) is 60.9 Å². The van der Waals surface area contributed by atoms with E-state index in [-0.39, 0.29) is 27.1 Å². The molecule has 0 spiro atoms. The number of H-pyrrole nitrogens is 1. The van der Waals surface area contributed by atoms with Crippen molar-refractivity contribution in [1.82, 2.24) is 0 Å². The fourth-order valence-electron chi connectivity index (χ4n) is 2.30. The number of aromatic amines is 1. The highest BCUT2D eigenvalue weighted by Gasteiger charge is 2.31. The predicted octanol–water partition coefficient (Wildman–Crippen LogP) is 5.75. The maximum Gasteiger partial charge on any atom is 0.573 e. The van der Waals surface area contributed by atoms with E-state index in [0.29, 0.717) is 5.69 Å². The number of aromatic nitrogens is 1. The molecule has 2 aromatic carbocycles. The molecule has 0 saturated heterocycles. The first-order valence-electron chi connectivity index (χ1n) is 8.01. The van der Waals surface area contributed by atoms with Crippen molar-refractivity contribution >= 4 is 34.8 Å². The van der Waals surface area contributed by atoms with Crippen LogP contribution in [0.3, 0.4) is 0 Å². The summed E-state index contributed by atoms with van der Waals surface area (Å²) in [6.45, 7) is 0. The first-order chi connectivity index (χ1) is 13.7. The van der Waals surface area contributed by atoms with Crippen molar-refractivity contribution < 1.29 is 32.4 Å². The van der Waals surface area contributed by atoms with Crippen LogP contribution in [0.25, 0.3) is 0 Å². The predicted molar refractivity (Wildman–Crippen MR) is 101 cm³/mol. The average molecular weight is 444 g/mol. The normalized spacial score (nSPS) is 11.1. The Bertz CT molecular complexity index is 1010. The van der Waals surface area contributed by atoms with E-state index in [4.69, 9.17) is 27.9 Å². The molecule has 1 heterocycles. The Kier molecular flexibility index (Phi) is 6.14. The molecule has 0 aliphatic heterocycles. The molecule has 150 valence electrons. The first-order valence-corrected chi connectivity index (χ1v) is 8.77. The van der Waals surface area contributed by atoms with Gasteiger partial charge in [-0.1, -0.05) is 23.2 Å². The summed E-state index contributed by atoms with van der Waals surface area (Å²) in [7, 11) is 0. The number of benzene rings is 2. The lowest BCUT2D eigenvalue weighted by molar-refractivity contribution is -0.377. The number of carbonyl (C=O) groups is 1. The smallest absolute Gasteiger partial charge is 0.456 e. The third-order valence-electron chi connectivity index (χ3n) is 3.52. The lowest BCUT2D eigenvalue weighted by Gasteiger charge is -2.13. The lowest BCUT2D eigenvalue weighted by atomic mass is 10.1. The van der Waals surface area contributed by atoms with Crippen molar-refractivity contribution in [3.8, 4) is 17.2 Å². The van der Waals surface area contributed by atoms with Gasteiger partial charge in [-0.25, -0.2) is 4.98 Å². The zero-order valence-electron chi connectivity index (χ0n) is 14.4. The van der Waals surface area contributed by atoms with Crippen LogP contribution in [0.1, 0.15) is 10.4 Å². The van der Waals surface area contributed by atoms with E-state index < -0.39 is 18.0 Å². The summed E-state index contributed by atoms with van der Waals surface area (Å²) in [5.41, 5.74) is 0.585. The molecule has 3 rings (SSSR count). The van der Waals surface area contributed by atoms with Gasteiger partial charge in [-0.05, 0) is 36.4 Å². The Morgan fingerprint density at radius 3 is 2.28 bits per heavy atom. The van der Waals surface area contributed by atoms with Crippen molar-refractivity contribution in [2.75, 3.05) is 5.32 Å². The molecule has 0 atom stereocenters. The highest BCUT2D eigenvalue weighted by molar-refractivity contribution is 6.42. The van der Waals surface area contributed by atoms with Crippen LogP contribution < -0.4 is 19.8 Å². The molecule has 0 aliphatic rings. The van der Waals surface area contributed by atoms with Crippen molar-refractivity contribution in [3.63, 3.8) is 0 Å². The Hall–Kier alpha value is -2.97. The summed E-state index contributed by atoms with van der Waals surface area (Å²) in [5, 5.41) is 2.95. The number of halogens is 5. The zero-order valence-corrected chi connectivity index (χ0v) is 15.9. The average Bonchev–Trinajstić information content (AvgIpc) is 2.65. The van der Waals surface area contributed by atoms with Crippen molar-refractivity contribution in [1.29, 1.82) is 0 Å². The van der Waals surface area contributed by atoms with Crippen LogP contribution in [-0.4, -0.2) is 12.3 Å². The topological polar surface area (TPSA) is 61.7 Å². The van der Waals surface area contributed by atoms with Crippen LogP contribution >= 0.6 is 23.2 Å².